The molecule has 0 spiro atoms. The molecule has 0 saturated carbocycles. The van der Waals surface area contributed by atoms with Gasteiger partial charge in [-0.3, -0.25) is 4.90 Å². The van der Waals surface area contributed by atoms with Crippen LogP contribution in [0.15, 0.2) is 30.5 Å². The van der Waals surface area contributed by atoms with E-state index in [1.54, 1.807) is 4.68 Å². The lowest BCUT2D eigenvalue weighted by molar-refractivity contribution is 0.0740. The molecule has 2 aliphatic heterocycles. The Morgan fingerprint density at radius 2 is 1.86 bits per heavy atom. The van der Waals surface area contributed by atoms with Crippen LogP contribution in [0.4, 0.5) is 10.6 Å². The van der Waals surface area contributed by atoms with Gasteiger partial charge in [0.05, 0.1) is 30.1 Å². The summed E-state index contributed by atoms with van der Waals surface area (Å²) >= 11 is 6.46. The van der Waals surface area contributed by atoms with E-state index in [1.807, 2.05) is 35.4 Å². The van der Waals surface area contributed by atoms with E-state index in [1.165, 1.54) is 4.90 Å². The van der Waals surface area contributed by atoms with Crippen LogP contribution in [0.3, 0.4) is 0 Å². The van der Waals surface area contributed by atoms with Gasteiger partial charge in [0.15, 0.2) is 0 Å². The van der Waals surface area contributed by atoms with Gasteiger partial charge in [-0.05, 0) is 36.1 Å². The minimum Gasteiger partial charge on any atom is -0.465 e. The van der Waals surface area contributed by atoms with Crippen molar-refractivity contribution >= 4 is 31.6 Å². The Morgan fingerprint density at radius 1 is 1.14 bits per heavy atom. The Morgan fingerprint density at radius 3 is 2.52 bits per heavy atom. The predicted molar refractivity (Wildman–Crippen MR) is 160 cm³/mol. The molecule has 2 saturated heterocycles. The lowest BCUT2D eigenvalue weighted by Gasteiger charge is -2.40. The Hall–Kier alpha value is -3.03. The minimum atomic E-state index is -1.47. The molecule has 1 unspecified atom stereocenters. The molecule has 0 radical (unpaired) electrons. The molecule has 224 valence electrons. The highest BCUT2D eigenvalue weighted by Gasteiger charge is 2.46. The van der Waals surface area contributed by atoms with E-state index in [9.17, 15) is 20.1 Å². The normalized spacial score (nSPS) is 22.9. The molecule has 13 heteroatoms. The van der Waals surface area contributed by atoms with E-state index in [0.717, 1.165) is 24.4 Å². The number of anilines is 1. The first-order chi connectivity index (χ1) is 20.0. The number of fused-ring (bicyclic) bond motifs is 5. The van der Waals surface area contributed by atoms with Crippen LogP contribution in [-0.2, 0) is 30.1 Å². The first kappa shape index (κ1) is 29.1. The molecule has 3 N–H and O–H groups in total. The summed E-state index contributed by atoms with van der Waals surface area (Å²) in [5.41, 5.74) is 2.32. The summed E-state index contributed by atoms with van der Waals surface area (Å²) < 4.78 is 7.64. The smallest absolute Gasteiger partial charge is 0.407 e. The van der Waals surface area contributed by atoms with E-state index in [2.05, 4.69) is 29.6 Å². The number of amides is 1. The molecular weight excluding hydrogens is 576 g/mol. The second-order valence-electron chi connectivity index (χ2n) is 12.7. The van der Waals surface area contributed by atoms with Gasteiger partial charge in [-0.25, -0.2) is 19.4 Å². The number of halogens is 1. The van der Waals surface area contributed by atoms with Gasteiger partial charge < -0.3 is 25.0 Å². The fourth-order valence-electron chi connectivity index (χ4n) is 6.60. The number of nitrogens with zero attached hydrogens (tertiary/aromatic N) is 6. The Balaban J connectivity index is 1.32. The summed E-state index contributed by atoms with van der Waals surface area (Å²) in [5, 5.41) is 37.4. The lowest BCUT2D eigenvalue weighted by atomic mass is 9.86. The van der Waals surface area contributed by atoms with E-state index in [4.69, 9.17) is 21.4 Å². The molecule has 4 heterocycles. The van der Waals surface area contributed by atoms with Crippen LogP contribution in [0.5, 0.6) is 0 Å². The summed E-state index contributed by atoms with van der Waals surface area (Å²) in [6.45, 7) is 8.40. The highest BCUT2D eigenvalue weighted by Crippen LogP contribution is 2.49. The third-order valence-electron chi connectivity index (χ3n) is 8.68. The maximum atomic E-state index is 12.4. The molecule has 6 rings (SSSR count). The van der Waals surface area contributed by atoms with E-state index >= 15 is 0 Å². The molecular formula is C29H37ClN6O5Si. The molecule has 3 atom stereocenters. The van der Waals surface area contributed by atoms with Crippen molar-refractivity contribution in [2.45, 2.75) is 76.0 Å². The number of aromatic nitrogens is 4. The third kappa shape index (κ3) is 5.19. The van der Waals surface area contributed by atoms with E-state index in [0.29, 0.717) is 53.6 Å². The Labute approximate surface area is 250 Å². The zero-order valence-electron chi connectivity index (χ0n) is 24.1. The maximum Gasteiger partial charge on any atom is 0.407 e. The van der Waals surface area contributed by atoms with Crippen LogP contribution < -0.4 is 4.90 Å². The van der Waals surface area contributed by atoms with Crippen molar-refractivity contribution in [2.24, 2.45) is 0 Å². The van der Waals surface area contributed by atoms with Gasteiger partial charge in [0, 0.05) is 57.1 Å². The number of aliphatic hydroxyl groups excluding tert-OH is 1. The standard InChI is InChI=1S/C29H37ClN6O5Si/c1-42(2,3)11-10-41-17-35-15-23-25(33-35)20-6-4-5-7-22(20)29(23,40)12-24-21(16-37)26(32-27(30)31-24)34-13-18-8-9-19(14-34)36(18)28(38)39/h4-7,15,18-19,37,40H,8-14,16-17H2,1-3H3,(H,38,39)/t18-,19+,29?. The zero-order valence-corrected chi connectivity index (χ0v) is 25.9. The number of carboxylic acid groups (broad SMARTS) is 1. The van der Waals surface area contributed by atoms with Crippen LogP contribution >= 0.6 is 11.6 Å². The van der Waals surface area contributed by atoms with Gasteiger partial charge in [-0.2, -0.15) is 5.10 Å². The molecule has 3 aromatic rings. The van der Waals surface area contributed by atoms with Gasteiger partial charge >= 0.3 is 6.09 Å². The fourth-order valence-corrected chi connectivity index (χ4v) is 7.54. The highest BCUT2D eigenvalue weighted by molar-refractivity contribution is 6.76. The summed E-state index contributed by atoms with van der Waals surface area (Å²) in [6.07, 6.45) is 2.52. The molecule has 1 aliphatic carbocycles. The van der Waals surface area contributed by atoms with Crippen LogP contribution in [0.1, 0.15) is 35.2 Å². The number of piperazine rings is 1. The number of hydrogen-bond acceptors (Lipinski definition) is 8. The van der Waals surface area contributed by atoms with Gasteiger partial charge in [-0.1, -0.05) is 43.9 Å². The van der Waals surface area contributed by atoms with Crippen molar-refractivity contribution in [3.8, 4) is 11.3 Å². The van der Waals surface area contributed by atoms with Crippen molar-refractivity contribution in [3.63, 3.8) is 0 Å². The van der Waals surface area contributed by atoms with Crippen LogP contribution in [0.2, 0.25) is 31.0 Å². The number of rotatable bonds is 9. The Kier molecular flexibility index (Phi) is 7.55. The quantitative estimate of drug-likeness (QED) is 0.186. The minimum absolute atomic E-state index is 0.00631. The molecule has 2 bridgehead atoms. The van der Waals surface area contributed by atoms with Crippen molar-refractivity contribution in [2.75, 3.05) is 24.6 Å². The summed E-state index contributed by atoms with van der Waals surface area (Å²) in [6, 6.07) is 8.37. The SMILES string of the molecule is C[Si](C)(C)CCOCn1cc2c(n1)-c1ccccc1C2(O)Cc1nc(Cl)nc(N2C[C@H]3CC[C@@H](C2)N3C(=O)O)c1CO. The highest BCUT2D eigenvalue weighted by atomic mass is 35.5. The van der Waals surface area contributed by atoms with Crippen molar-refractivity contribution in [3.05, 3.63) is 58.1 Å². The van der Waals surface area contributed by atoms with Gasteiger partial charge in [0.2, 0.25) is 5.28 Å². The molecule has 2 aromatic heterocycles. The number of hydrogen-bond donors (Lipinski definition) is 3. The number of benzene rings is 1. The van der Waals surface area contributed by atoms with Crippen LogP contribution in [0, 0.1) is 0 Å². The average molecular weight is 613 g/mol. The lowest BCUT2D eigenvalue weighted by Crippen LogP contribution is -2.56. The van der Waals surface area contributed by atoms with Crippen molar-refractivity contribution in [1.82, 2.24) is 24.6 Å². The average Bonchev–Trinajstić information content (AvgIpc) is 3.55. The number of aliphatic hydroxyl groups is 2. The first-order valence-corrected chi connectivity index (χ1v) is 18.5. The fraction of sp³-hybridized carbons (Fsp3) is 0.517. The van der Waals surface area contributed by atoms with Gasteiger partial charge in [-0.15, -0.1) is 0 Å². The monoisotopic (exact) mass is 612 g/mol. The van der Waals surface area contributed by atoms with Gasteiger partial charge in [0.25, 0.3) is 0 Å². The van der Waals surface area contributed by atoms with Crippen molar-refractivity contribution < 1.29 is 24.9 Å². The zero-order chi connectivity index (χ0) is 29.8. The van der Waals surface area contributed by atoms with Crippen LogP contribution in [0.25, 0.3) is 11.3 Å². The maximum absolute atomic E-state index is 12.4. The summed E-state index contributed by atoms with van der Waals surface area (Å²) in [4.78, 5) is 24.3. The second-order valence-corrected chi connectivity index (χ2v) is 18.7. The summed E-state index contributed by atoms with van der Waals surface area (Å²) in [7, 11) is -1.22. The molecule has 11 nitrogen and oxygen atoms in total. The molecule has 2 fully saturated rings. The van der Waals surface area contributed by atoms with Crippen LogP contribution in [-0.4, -0.2) is 85.9 Å². The molecule has 1 amide bonds. The third-order valence-corrected chi connectivity index (χ3v) is 10.6. The summed E-state index contributed by atoms with van der Waals surface area (Å²) in [5.74, 6) is 0.482. The van der Waals surface area contributed by atoms with Crippen molar-refractivity contribution in [1.29, 1.82) is 0 Å². The molecule has 42 heavy (non-hydrogen) atoms. The topological polar surface area (TPSA) is 137 Å². The van der Waals surface area contributed by atoms with Gasteiger partial charge in [0.1, 0.15) is 18.1 Å². The second kappa shape index (κ2) is 10.9. The number of carbonyl (C=O) groups is 1. The molecule has 3 aliphatic rings. The van der Waals surface area contributed by atoms with E-state index in [-0.39, 0.29) is 37.1 Å². The largest absolute Gasteiger partial charge is 0.465 e. The first-order valence-electron chi connectivity index (χ1n) is 14.4. The Bertz CT molecular complexity index is 1500. The van der Waals surface area contributed by atoms with E-state index < -0.39 is 19.8 Å². The number of ether oxygens (including phenoxy) is 1. The molecule has 1 aromatic carbocycles. The predicted octanol–water partition coefficient (Wildman–Crippen LogP) is 3.92.